The number of carbonyl (C=O) groups excluding carboxylic acids is 2. The van der Waals surface area contributed by atoms with Gasteiger partial charge in [0.05, 0.1) is 17.4 Å². The molecule has 2 amide bonds. The summed E-state index contributed by atoms with van der Waals surface area (Å²) in [4.78, 5) is 24.9. The van der Waals surface area contributed by atoms with Crippen molar-refractivity contribution in [2.75, 3.05) is 15.4 Å². The molecule has 0 aliphatic carbocycles. The minimum absolute atomic E-state index is 0.0156. The van der Waals surface area contributed by atoms with Gasteiger partial charge in [-0.1, -0.05) is 45.9 Å². The van der Waals surface area contributed by atoms with E-state index in [1.165, 1.54) is 12.1 Å². The maximum absolute atomic E-state index is 12.6. The molecule has 1 aliphatic heterocycles. The van der Waals surface area contributed by atoms with E-state index in [1.54, 1.807) is 19.1 Å². The third-order valence-electron chi connectivity index (χ3n) is 4.71. The molecule has 1 saturated heterocycles. The SMILES string of the molecule is C[C@H]1CS(=O)(=O)N(c2cccc(C(=O)Nc3ccc(C(C)(C)C)cc3)c2)C1=O. The lowest BCUT2D eigenvalue weighted by Gasteiger charge is -2.19. The van der Waals surface area contributed by atoms with Crippen LogP contribution in [0.4, 0.5) is 11.4 Å². The molecule has 0 saturated carbocycles. The molecule has 6 nitrogen and oxygen atoms in total. The predicted molar refractivity (Wildman–Crippen MR) is 110 cm³/mol. The maximum Gasteiger partial charge on any atom is 0.255 e. The molecule has 1 heterocycles. The molecular weight excluding hydrogens is 376 g/mol. The van der Waals surface area contributed by atoms with Crippen molar-refractivity contribution in [3.05, 3.63) is 59.7 Å². The Labute approximate surface area is 165 Å². The molecule has 3 rings (SSSR count). The van der Waals surface area contributed by atoms with E-state index in [0.717, 1.165) is 9.87 Å². The van der Waals surface area contributed by atoms with Crippen LogP contribution in [0.5, 0.6) is 0 Å². The van der Waals surface area contributed by atoms with Crippen LogP contribution in [-0.4, -0.2) is 26.0 Å². The van der Waals surface area contributed by atoms with Crippen molar-refractivity contribution in [2.24, 2.45) is 5.92 Å². The number of anilines is 2. The lowest BCUT2D eigenvalue weighted by Crippen LogP contribution is -2.30. The van der Waals surface area contributed by atoms with Crippen LogP contribution < -0.4 is 9.62 Å². The second-order valence-corrected chi connectivity index (χ2v) is 9.98. The molecule has 2 aromatic rings. The molecule has 2 aromatic carbocycles. The van der Waals surface area contributed by atoms with Gasteiger partial charge >= 0.3 is 0 Å². The Bertz CT molecular complexity index is 1020. The molecule has 0 radical (unpaired) electrons. The number of amides is 2. The molecule has 7 heteroatoms. The van der Waals surface area contributed by atoms with Crippen LogP contribution in [0.25, 0.3) is 0 Å². The fourth-order valence-corrected chi connectivity index (χ4v) is 4.93. The lowest BCUT2D eigenvalue weighted by atomic mass is 9.87. The van der Waals surface area contributed by atoms with Gasteiger partial charge in [0, 0.05) is 11.3 Å². The predicted octanol–water partition coefficient (Wildman–Crippen LogP) is 3.55. The molecule has 148 valence electrons. The minimum atomic E-state index is -3.71. The van der Waals surface area contributed by atoms with Gasteiger partial charge in [-0.2, -0.15) is 0 Å². The largest absolute Gasteiger partial charge is 0.322 e. The number of hydrogen-bond donors (Lipinski definition) is 1. The molecule has 1 aliphatic rings. The van der Waals surface area contributed by atoms with Crippen LogP contribution in [0.1, 0.15) is 43.6 Å². The zero-order valence-corrected chi connectivity index (χ0v) is 17.2. The van der Waals surface area contributed by atoms with Crippen LogP contribution in [0, 0.1) is 5.92 Å². The number of nitrogens with one attached hydrogen (secondary N) is 1. The lowest BCUT2D eigenvalue weighted by molar-refractivity contribution is -0.119. The van der Waals surface area contributed by atoms with Crippen molar-refractivity contribution in [3.63, 3.8) is 0 Å². The highest BCUT2D eigenvalue weighted by Gasteiger charge is 2.42. The van der Waals surface area contributed by atoms with Crippen LogP contribution in [-0.2, 0) is 20.2 Å². The van der Waals surface area contributed by atoms with Crippen molar-refractivity contribution in [3.8, 4) is 0 Å². The standard InChI is InChI=1S/C21H24N2O4S/c1-14-13-28(26,27)23(20(14)25)18-7-5-6-15(12-18)19(24)22-17-10-8-16(9-11-17)21(2,3)4/h5-12,14H,13H2,1-4H3,(H,22,24)/t14-/m0/s1. The van der Waals surface area contributed by atoms with Gasteiger partial charge in [-0.05, 0) is 41.3 Å². The van der Waals surface area contributed by atoms with Gasteiger partial charge in [-0.3, -0.25) is 9.59 Å². The highest BCUT2D eigenvalue weighted by atomic mass is 32.2. The van der Waals surface area contributed by atoms with Gasteiger partial charge in [0.2, 0.25) is 15.9 Å². The normalized spacial score (nSPS) is 18.9. The number of rotatable bonds is 3. The summed E-state index contributed by atoms with van der Waals surface area (Å²) in [6, 6.07) is 13.7. The fraction of sp³-hybridized carbons (Fsp3) is 0.333. The summed E-state index contributed by atoms with van der Waals surface area (Å²) < 4.78 is 25.3. The van der Waals surface area contributed by atoms with Gasteiger partial charge in [-0.25, -0.2) is 12.7 Å². The van der Waals surface area contributed by atoms with Gasteiger partial charge in [0.25, 0.3) is 5.91 Å². The summed E-state index contributed by atoms with van der Waals surface area (Å²) in [5.41, 5.74) is 2.27. The first-order valence-electron chi connectivity index (χ1n) is 9.08. The Hall–Kier alpha value is -2.67. The maximum atomic E-state index is 12.6. The van der Waals surface area contributed by atoms with Gasteiger partial charge < -0.3 is 5.32 Å². The number of hydrogen-bond acceptors (Lipinski definition) is 4. The summed E-state index contributed by atoms with van der Waals surface area (Å²) in [5, 5.41) is 2.80. The first-order chi connectivity index (χ1) is 13.0. The summed E-state index contributed by atoms with van der Waals surface area (Å²) >= 11 is 0. The van der Waals surface area contributed by atoms with Crippen LogP contribution in [0.3, 0.4) is 0 Å². The highest BCUT2D eigenvalue weighted by molar-refractivity contribution is 7.94. The smallest absolute Gasteiger partial charge is 0.255 e. The molecule has 0 aromatic heterocycles. The van der Waals surface area contributed by atoms with E-state index in [2.05, 4.69) is 26.1 Å². The average molecular weight is 401 g/mol. The van der Waals surface area contributed by atoms with Crippen molar-refractivity contribution < 1.29 is 18.0 Å². The number of nitrogens with zero attached hydrogens (tertiary/aromatic N) is 1. The fourth-order valence-electron chi connectivity index (χ4n) is 3.12. The van der Waals surface area contributed by atoms with Crippen molar-refractivity contribution in [2.45, 2.75) is 33.1 Å². The van der Waals surface area contributed by atoms with E-state index < -0.39 is 21.8 Å². The number of carbonyl (C=O) groups is 2. The Morgan fingerprint density at radius 3 is 2.29 bits per heavy atom. The Morgan fingerprint density at radius 2 is 1.75 bits per heavy atom. The topological polar surface area (TPSA) is 83.6 Å². The van der Waals surface area contributed by atoms with Crippen molar-refractivity contribution in [1.29, 1.82) is 0 Å². The van der Waals surface area contributed by atoms with E-state index in [4.69, 9.17) is 0 Å². The first kappa shape index (κ1) is 20.1. The molecular formula is C21H24N2O4S. The summed E-state index contributed by atoms with van der Waals surface area (Å²) in [7, 11) is -3.71. The van der Waals surface area contributed by atoms with Crippen LogP contribution in [0.15, 0.2) is 48.5 Å². The molecule has 1 atom stereocenters. The van der Waals surface area contributed by atoms with Crippen molar-refractivity contribution in [1.82, 2.24) is 0 Å². The molecule has 1 N–H and O–H groups in total. The second kappa shape index (κ2) is 7.05. The average Bonchev–Trinajstić information content (AvgIpc) is 2.81. The zero-order chi connectivity index (χ0) is 20.7. The molecule has 0 spiro atoms. The molecule has 1 fully saturated rings. The quantitative estimate of drug-likeness (QED) is 0.854. The van der Waals surface area contributed by atoms with E-state index in [0.29, 0.717) is 5.69 Å². The second-order valence-electron chi connectivity index (χ2n) is 8.11. The van der Waals surface area contributed by atoms with E-state index in [-0.39, 0.29) is 28.3 Å². The van der Waals surface area contributed by atoms with Gasteiger partial charge in [0.1, 0.15) is 0 Å². The molecule has 0 unspecified atom stereocenters. The van der Waals surface area contributed by atoms with Gasteiger partial charge in [0.15, 0.2) is 0 Å². The monoisotopic (exact) mass is 400 g/mol. The summed E-state index contributed by atoms with van der Waals surface area (Å²) in [6.07, 6.45) is 0. The van der Waals surface area contributed by atoms with Crippen LogP contribution in [0.2, 0.25) is 0 Å². The summed E-state index contributed by atoms with van der Waals surface area (Å²) in [5.74, 6) is -1.66. The third kappa shape index (κ3) is 3.94. The van der Waals surface area contributed by atoms with Crippen molar-refractivity contribution >= 4 is 33.2 Å². The molecule has 0 bridgehead atoms. The Kier molecular flexibility index (Phi) is 5.06. The van der Waals surface area contributed by atoms with E-state index in [1.807, 2.05) is 24.3 Å². The molecule has 28 heavy (non-hydrogen) atoms. The number of sulfonamides is 1. The highest BCUT2D eigenvalue weighted by Crippen LogP contribution is 2.29. The van der Waals surface area contributed by atoms with Gasteiger partial charge in [-0.15, -0.1) is 0 Å². The third-order valence-corrected chi connectivity index (χ3v) is 6.58. The summed E-state index contributed by atoms with van der Waals surface area (Å²) in [6.45, 7) is 7.92. The number of benzene rings is 2. The van der Waals surface area contributed by atoms with E-state index >= 15 is 0 Å². The zero-order valence-electron chi connectivity index (χ0n) is 16.4. The Morgan fingerprint density at radius 1 is 1.11 bits per heavy atom. The van der Waals surface area contributed by atoms with E-state index in [9.17, 15) is 18.0 Å². The first-order valence-corrected chi connectivity index (χ1v) is 10.7. The van der Waals surface area contributed by atoms with Crippen LogP contribution >= 0.6 is 0 Å². The Balaban J connectivity index is 1.82. The minimum Gasteiger partial charge on any atom is -0.322 e.